The number of halogens is 1. The molecule has 0 aromatic heterocycles. The molecule has 98 valence electrons. The Morgan fingerprint density at radius 2 is 1.84 bits per heavy atom. The predicted molar refractivity (Wildman–Crippen MR) is 86.2 cm³/mol. The number of rotatable bonds is 3. The molecular weight excluding hydrogens is 351 g/mol. The SMILES string of the molecule is C[C@H](NC(=O)Nc1cccc(I)c1)c1ccccc1. The van der Waals surface area contributed by atoms with Crippen LogP contribution < -0.4 is 10.6 Å². The number of hydrogen-bond donors (Lipinski definition) is 2. The van der Waals surface area contributed by atoms with Crippen molar-refractivity contribution in [1.82, 2.24) is 5.32 Å². The summed E-state index contributed by atoms with van der Waals surface area (Å²) < 4.78 is 1.09. The van der Waals surface area contributed by atoms with E-state index < -0.39 is 0 Å². The summed E-state index contributed by atoms with van der Waals surface area (Å²) in [4.78, 5) is 11.9. The van der Waals surface area contributed by atoms with E-state index in [0.717, 1.165) is 14.8 Å². The lowest BCUT2D eigenvalue weighted by atomic mass is 10.1. The van der Waals surface area contributed by atoms with Gasteiger partial charge in [-0.3, -0.25) is 0 Å². The number of urea groups is 1. The van der Waals surface area contributed by atoms with Gasteiger partial charge in [0.05, 0.1) is 6.04 Å². The zero-order valence-electron chi connectivity index (χ0n) is 10.6. The first-order valence-corrected chi connectivity index (χ1v) is 7.11. The molecule has 2 rings (SSSR count). The Balaban J connectivity index is 1.95. The van der Waals surface area contributed by atoms with Crippen molar-refractivity contribution in [3.63, 3.8) is 0 Å². The maximum atomic E-state index is 11.9. The molecule has 2 aromatic carbocycles. The highest BCUT2D eigenvalue weighted by Crippen LogP contribution is 2.14. The highest BCUT2D eigenvalue weighted by Gasteiger charge is 2.08. The van der Waals surface area contributed by atoms with Crippen LogP contribution in [0.3, 0.4) is 0 Å². The normalized spacial score (nSPS) is 11.7. The highest BCUT2D eigenvalue weighted by molar-refractivity contribution is 14.1. The van der Waals surface area contributed by atoms with Crippen LogP contribution >= 0.6 is 22.6 Å². The van der Waals surface area contributed by atoms with E-state index in [2.05, 4.69) is 33.2 Å². The molecule has 3 nitrogen and oxygen atoms in total. The van der Waals surface area contributed by atoms with Gasteiger partial charge in [-0.2, -0.15) is 0 Å². The van der Waals surface area contributed by atoms with Gasteiger partial charge in [-0.25, -0.2) is 4.79 Å². The lowest BCUT2D eigenvalue weighted by Crippen LogP contribution is -2.31. The van der Waals surface area contributed by atoms with Gasteiger partial charge in [0, 0.05) is 9.26 Å². The molecule has 0 saturated carbocycles. The van der Waals surface area contributed by atoms with Gasteiger partial charge in [0.2, 0.25) is 0 Å². The molecule has 19 heavy (non-hydrogen) atoms. The second-order valence-corrected chi connectivity index (χ2v) is 5.49. The minimum atomic E-state index is -0.196. The van der Waals surface area contributed by atoms with Crippen LogP contribution in [0.2, 0.25) is 0 Å². The van der Waals surface area contributed by atoms with E-state index in [-0.39, 0.29) is 12.1 Å². The molecule has 0 bridgehead atoms. The molecule has 2 amide bonds. The average Bonchev–Trinajstić information content (AvgIpc) is 2.39. The van der Waals surface area contributed by atoms with Gasteiger partial charge in [-0.1, -0.05) is 36.4 Å². The molecule has 0 aliphatic carbocycles. The van der Waals surface area contributed by atoms with Crippen LogP contribution in [0.4, 0.5) is 10.5 Å². The van der Waals surface area contributed by atoms with Crippen LogP contribution in [-0.4, -0.2) is 6.03 Å². The Hall–Kier alpha value is -1.56. The second kappa shape index (κ2) is 6.56. The van der Waals surface area contributed by atoms with Gasteiger partial charge in [-0.05, 0) is 53.3 Å². The summed E-state index contributed by atoms with van der Waals surface area (Å²) in [6.45, 7) is 1.96. The summed E-state index contributed by atoms with van der Waals surface area (Å²) in [5.41, 5.74) is 1.88. The van der Waals surface area contributed by atoms with Gasteiger partial charge in [-0.15, -0.1) is 0 Å². The molecule has 2 aromatic rings. The van der Waals surface area contributed by atoms with E-state index in [9.17, 15) is 4.79 Å². The number of nitrogens with one attached hydrogen (secondary N) is 2. The van der Waals surface area contributed by atoms with Crippen LogP contribution in [0.1, 0.15) is 18.5 Å². The predicted octanol–water partition coefficient (Wildman–Crippen LogP) is 4.17. The molecule has 0 fully saturated rings. The first kappa shape index (κ1) is 13.9. The molecule has 0 radical (unpaired) electrons. The number of carbonyl (C=O) groups is 1. The van der Waals surface area contributed by atoms with E-state index in [1.807, 2.05) is 61.5 Å². The summed E-state index contributed by atoms with van der Waals surface area (Å²) in [5, 5.41) is 5.74. The topological polar surface area (TPSA) is 41.1 Å². The summed E-state index contributed by atoms with van der Waals surface area (Å²) in [6.07, 6.45) is 0. The summed E-state index contributed by atoms with van der Waals surface area (Å²) in [6, 6.07) is 17.4. The third-order valence-corrected chi connectivity index (χ3v) is 3.40. The van der Waals surface area contributed by atoms with Crippen molar-refractivity contribution < 1.29 is 4.79 Å². The monoisotopic (exact) mass is 366 g/mol. The fraction of sp³-hybridized carbons (Fsp3) is 0.133. The standard InChI is InChI=1S/C15H15IN2O/c1-11(12-6-3-2-4-7-12)17-15(19)18-14-9-5-8-13(16)10-14/h2-11H,1H3,(H2,17,18,19)/t11-/m0/s1. The van der Waals surface area contributed by atoms with Crippen molar-refractivity contribution in [2.24, 2.45) is 0 Å². The average molecular weight is 366 g/mol. The number of benzene rings is 2. The van der Waals surface area contributed by atoms with Crippen molar-refractivity contribution in [2.45, 2.75) is 13.0 Å². The van der Waals surface area contributed by atoms with Crippen LogP contribution in [-0.2, 0) is 0 Å². The molecule has 1 atom stereocenters. The highest BCUT2D eigenvalue weighted by atomic mass is 127. The zero-order chi connectivity index (χ0) is 13.7. The Kier molecular flexibility index (Phi) is 4.79. The Morgan fingerprint density at radius 3 is 2.53 bits per heavy atom. The van der Waals surface area contributed by atoms with E-state index in [1.165, 1.54) is 0 Å². The van der Waals surface area contributed by atoms with Crippen LogP contribution in [0.25, 0.3) is 0 Å². The van der Waals surface area contributed by atoms with Crippen LogP contribution in [0, 0.1) is 3.57 Å². The summed E-state index contributed by atoms with van der Waals surface area (Å²) in [7, 11) is 0. The molecule has 0 unspecified atom stereocenters. The van der Waals surface area contributed by atoms with Gasteiger partial charge in [0.15, 0.2) is 0 Å². The quantitative estimate of drug-likeness (QED) is 0.787. The summed E-state index contributed by atoms with van der Waals surface area (Å²) >= 11 is 2.22. The first-order chi connectivity index (χ1) is 9.15. The number of hydrogen-bond acceptors (Lipinski definition) is 1. The summed E-state index contributed by atoms with van der Waals surface area (Å²) in [5.74, 6) is 0. The fourth-order valence-corrected chi connectivity index (χ4v) is 2.30. The lowest BCUT2D eigenvalue weighted by Gasteiger charge is -2.15. The van der Waals surface area contributed by atoms with Gasteiger partial charge in [0.1, 0.15) is 0 Å². The molecular formula is C15H15IN2O. The number of carbonyl (C=O) groups excluding carboxylic acids is 1. The first-order valence-electron chi connectivity index (χ1n) is 6.03. The fourth-order valence-electron chi connectivity index (χ4n) is 1.76. The third-order valence-electron chi connectivity index (χ3n) is 2.73. The van der Waals surface area contributed by atoms with Crippen molar-refractivity contribution >= 4 is 34.3 Å². The minimum absolute atomic E-state index is 0.0241. The Morgan fingerprint density at radius 1 is 1.11 bits per heavy atom. The molecule has 0 saturated heterocycles. The maximum absolute atomic E-state index is 11.9. The smallest absolute Gasteiger partial charge is 0.319 e. The van der Waals surface area contributed by atoms with Crippen molar-refractivity contribution in [2.75, 3.05) is 5.32 Å². The lowest BCUT2D eigenvalue weighted by molar-refractivity contribution is 0.249. The van der Waals surface area contributed by atoms with Gasteiger partial charge in [0.25, 0.3) is 0 Å². The number of anilines is 1. The second-order valence-electron chi connectivity index (χ2n) is 4.24. The van der Waals surface area contributed by atoms with Crippen molar-refractivity contribution in [1.29, 1.82) is 0 Å². The maximum Gasteiger partial charge on any atom is 0.319 e. The molecule has 4 heteroatoms. The van der Waals surface area contributed by atoms with E-state index in [0.29, 0.717) is 0 Å². The van der Waals surface area contributed by atoms with E-state index >= 15 is 0 Å². The molecule has 0 heterocycles. The number of amides is 2. The molecule has 0 aliphatic rings. The zero-order valence-corrected chi connectivity index (χ0v) is 12.7. The van der Waals surface area contributed by atoms with Gasteiger partial charge < -0.3 is 10.6 Å². The largest absolute Gasteiger partial charge is 0.331 e. The Labute approximate surface area is 126 Å². The minimum Gasteiger partial charge on any atom is -0.331 e. The Bertz CT molecular complexity index is 557. The molecule has 0 spiro atoms. The van der Waals surface area contributed by atoms with Crippen LogP contribution in [0.5, 0.6) is 0 Å². The van der Waals surface area contributed by atoms with Gasteiger partial charge >= 0.3 is 6.03 Å². The molecule has 2 N–H and O–H groups in total. The molecule has 0 aliphatic heterocycles. The van der Waals surface area contributed by atoms with Crippen molar-refractivity contribution in [3.05, 3.63) is 63.7 Å². The third kappa shape index (κ3) is 4.24. The van der Waals surface area contributed by atoms with Crippen LogP contribution in [0.15, 0.2) is 54.6 Å². The van der Waals surface area contributed by atoms with E-state index in [1.54, 1.807) is 0 Å². The van der Waals surface area contributed by atoms with Crippen molar-refractivity contribution in [3.8, 4) is 0 Å². The van der Waals surface area contributed by atoms with E-state index in [4.69, 9.17) is 0 Å².